The van der Waals surface area contributed by atoms with E-state index in [2.05, 4.69) is 0 Å². The molecule has 108 valence electrons. The second-order valence-corrected chi connectivity index (χ2v) is 3.80. The number of halogens is 2. The lowest BCUT2D eigenvalue weighted by molar-refractivity contribution is 0.152. The van der Waals surface area contributed by atoms with Crippen molar-refractivity contribution in [1.29, 1.82) is 0 Å². The molecule has 0 saturated heterocycles. The Labute approximate surface area is 107 Å². The van der Waals surface area contributed by atoms with Gasteiger partial charge in [0.1, 0.15) is 11.5 Å². The Morgan fingerprint density at radius 2 is 2.11 bits per heavy atom. The largest absolute Gasteiger partial charge is 0.395 e. The van der Waals surface area contributed by atoms with Crippen LogP contribution < -0.4 is 21.9 Å². The van der Waals surface area contributed by atoms with Gasteiger partial charge in [0, 0.05) is 13.1 Å². The Balaban J connectivity index is 3.37. The first-order valence-electron chi connectivity index (χ1n) is 5.68. The van der Waals surface area contributed by atoms with E-state index in [0.29, 0.717) is 0 Å². The summed E-state index contributed by atoms with van der Waals surface area (Å²) in [5.41, 5.74) is 3.91. The minimum Gasteiger partial charge on any atom is -0.395 e. The molecule has 0 unspecified atom stereocenters. The SMILES string of the molecule is CCn1c(N)c(N(CCO)CC(F)F)c(=O)[nH]c1=O. The van der Waals surface area contributed by atoms with Crippen LogP contribution in [0.15, 0.2) is 9.59 Å². The van der Waals surface area contributed by atoms with Crippen LogP contribution >= 0.6 is 0 Å². The van der Waals surface area contributed by atoms with Crippen molar-refractivity contribution in [1.82, 2.24) is 9.55 Å². The number of aliphatic hydroxyl groups excluding tert-OH is 1. The summed E-state index contributed by atoms with van der Waals surface area (Å²) in [5, 5.41) is 8.87. The molecule has 9 heteroatoms. The molecule has 0 aliphatic heterocycles. The van der Waals surface area contributed by atoms with Gasteiger partial charge < -0.3 is 15.7 Å². The second-order valence-electron chi connectivity index (χ2n) is 3.80. The van der Waals surface area contributed by atoms with E-state index in [1.54, 1.807) is 6.92 Å². The first kappa shape index (κ1) is 15.2. The smallest absolute Gasteiger partial charge is 0.330 e. The lowest BCUT2D eigenvalue weighted by Crippen LogP contribution is -2.41. The van der Waals surface area contributed by atoms with Crippen LogP contribution in [0, 0.1) is 0 Å². The summed E-state index contributed by atoms with van der Waals surface area (Å²) in [7, 11) is 0. The van der Waals surface area contributed by atoms with E-state index in [1.807, 2.05) is 4.98 Å². The van der Waals surface area contributed by atoms with Crippen molar-refractivity contribution in [3.05, 3.63) is 20.8 Å². The third-order valence-corrected chi connectivity index (χ3v) is 2.57. The van der Waals surface area contributed by atoms with Gasteiger partial charge in [-0.3, -0.25) is 14.3 Å². The van der Waals surface area contributed by atoms with Crippen molar-refractivity contribution in [3.8, 4) is 0 Å². The van der Waals surface area contributed by atoms with Crippen LogP contribution in [0.5, 0.6) is 0 Å². The molecule has 19 heavy (non-hydrogen) atoms. The zero-order chi connectivity index (χ0) is 14.6. The predicted molar refractivity (Wildman–Crippen MR) is 66.7 cm³/mol. The van der Waals surface area contributed by atoms with Gasteiger partial charge in [-0.05, 0) is 6.92 Å². The maximum atomic E-state index is 12.5. The number of hydrogen-bond acceptors (Lipinski definition) is 5. The number of H-pyrrole nitrogens is 1. The van der Waals surface area contributed by atoms with Crippen LogP contribution in [0.1, 0.15) is 6.92 Å². The Hall–Kier alpha value is -1.90. The molecular weight excluding hydrogens is 262 g/mol. The number of nitrogens with one attached hydrogen (secondary N) is 1. The third-order valence-electron chi connectivity index (χ3n) is 2.57. The van der Waals surface area contributed by atoms with Crippen LogP contribution in [-0.4, -0.2) is 40.8 Å². The summed E-state index contributed by atoms with van der Waals surface area (Å²) in [4.78, 5) is 26.1. The lowest BCUT2D eigenvalue weighted by atomic mass is 10.3. The van der Waals surface area contributed by atoms with Gasteiger partial charge in [-0.15, -0.1) is 0 Å². The van der Waals surface area contributed by atoms with Gasteiger partial charge >= 0.3 is 5.69 Å². The van der Waals surface area contributed by atoms with Crippen molar-refractivity contribution in [2.75, 3.05) is 30.3 Å². The highest BCUT2D eigenvalue weighted by atomic mass is 19.3. The average molecular weight is 278 g/mol. The molecule has 1 aromatic rings. The summed E-state index contributed by atoms with van der Waals surface area (Å²) >= 11 is 0. The van der Waals surface area contributed by atoms with Gasteiger partial charge in [0.05, 0.1) is 13.2 Å². The number of nitrogens with two attached hydrogens (primary N) is 1. The molecule has 7 nitrogen and oxygen atoms in total. The molecule has 0 spiro atoms. The van der Waals surface area contributed by atoms with Crippen molar-refractivity contribution in [3.63, 3.8) is 0 Å². The van der Waals surface area contributed by atoms with Crippen LogP contribution in [0.4, 0.5) is 20.3 Å². The topological polar surface area (TPSA) is 104 Å². The zero-order valence-corrected chi connectivity index (χ0v) is 10.4. The molecule has 0 aromatic carbocycles. The summed E-state index contributed by atoms with van der Waals surface area (Å²) < 4.78 is 26.0. The van der Waals surface area contributed by atoms with Crippen molar-refractivity contribution in [2.24, 2.45) is 0 Å². The lowest BCUT2D eigenvalue weighted by Gasteiger charge is -2.24. The standard InChI is InChI=1S/C10H16F2N4O3/c1-2-16-8(13)7(9(18)14-10(16)19)15(3-4-17)5-6(11)12/h6,17H,2-5,13H2,1H3,(H,14,18,19). The van der Waals surface area contributed by atoms with E-state index in [4.69, 9.17) is 10.8 Å². The van der Waals surface area contributed by atoms with Crippen LogP contribution in [0.25, 0.3) is 0 Å². The highest BCUT2D eigenvalue weighted by molar-refractivity contribution is 5.62. The Kier molecular flexibility index (Phi) is 5.04. The molecule has 0 fully saturated rings. The number of anilines is 2. The summed E-state index contributed by atoms with van der Waals surface area (Å²) in [6, 6.07) is 0. The molecule has 0 radical (unpaired) electrons. The monoisotopic (exact) mass is 278 g/mol. The normalized spacial score (nSPS) is 11.0. The molecule has 0 saturated carbocycles. The fourth-order valence-electron chi connectivity index (χ4n) is 1.78. The Morgan fingerprint density at radius 3 is 2.58 bits per heavy atom. The average Bonchev–Trinajstić information content (AvgIpc) is 2.28. The number of aliphatic hydroxyl groups is 1. The van der Waals surface area contributed by atoms with Crippen molar-refractivity contribution >= 4 is 11.5 Å². The van der Waals surface area contributed by atoms with Gasteiger partial charge in [0.2, 0.25) is 0 Å². The van der Waals surface area contributed by atoms with Gasteiger partial charge in [-0.25, -0.2) is 13.6 Å². The quantitative estimate of drug-likeness (QED) is 0.632. The summed E-state index contributed by atoms with van der Waals surface area (Å²) in [6.07, 6.45) is -2.70. The minimum absolute atomic E-state index is 0.181. The van der Waals surface area contributed by atoms with Gasteiger partial charge in [0.15, 0.2) is 0 Å². The van der Waals surface area contributed by atoms with E-state index in [-0.39, 0.29) is 24.6 Å². The molecule has 1 rings (SSSR count). The van der Waals surface area contributed by atoms with E-state index >= 15 is 0 Å². The van der Waals surface area contributed by atoms with Crippen LogP contribution in [0.2, 0.25) is 0 Å². The Morgan fingerprint density at radius 1 is 1.47 bits per heavy atom. The molecular formula is C10H16F2N4O3. The number of rotatable bonds is 6. The molecule has 0 aliphatic rings. The number of alkyl halides is 2. The molecule has 0 atom stereocenters. The van der Waals surface area contributed by atoms with E-state index in [9.17, 15) is 18.4 Å². The van der Waals surface area contributed by atoms with Gasteiger partial charge in [-0.2, -0.15) is 0 Å². The first-order chi connectivity index (χ1) is 8.92. The Bertz CT molecular complexity index is 541. The number of aromatic nitrogens is 2. The maximum Gasteiger partial charge on any atom is 0.330 e. The molecule has 0 bridgehead atoms. The van der Waals surface area contributed by atoms with E-state index < -0.39 is 30.8 Å². The third kappa shape index (κ3) is 3.31. The highest BCUT2D eigenvalue weighted by Gasteiger charge is 2.20. The van der Waals surface area contributed by atoms with Gasteiger partial charge in [0.25, 0.3) is 12.0 Å². The molecule has 0 amide bonds. The second kappa shape index (κ2) is 6.32. The number of aromatic amines is 1. The van der Waals surface area contributed by atoms with Crippen molar-refractivity contribution < 1.29 is 13.9 Å². The molecule has 1 aromatic heterocycles. The summed E-state index contributed by atoms with van der Waals surface area (Å²) in [5.74, 6) is -0.189. The van der Waals surface area contributed by atoms with Crippen molar-refractivity contribution in [2.45, 2.75) is 19.9 Å². The molecule has 4 N–H and O–H groups in total. The van der Waals surface area contributed by atoms with Crippen LogP contribution in [-0.2, 0) is 6.54 Å². The molecule has 0 aliphatic carbocycles. The highest BCUT2D eigenvalue weighted by Crippen LogP contribution is 2.17. The van der Waals surface area contributed by atoms with E-state index in [0.717, 1.165) is 9.47 Å². The maximum absolute atomic E-state index is 12.5. The number of nitrogens with zero attached hydrogens (tertiary/aromatic N) is 2. The fraction of sp³-hybridized carbons (Fsp3) is 0.600. The number of hydrogen-bond donors (Lipinski definition) is 3. The number of nitrogen functional groups attached to an aromatic ring is 1. The summed E-state index contributed by atoms with van der Waals surface area (Å²) in [6.45, 7) is 0.464. The van der Waals surface area contributed by atoms with Crippen LogP contribution in [0.3, 0.4) is 0 Å². The van der Waals surface area contributed by atoms with Gasteiger partial charge in [-0.1, -0.05) is 0 Å². The van der Waals surface area contributed by atoms with E-state index in [1.165, 1.54) is 0 Å². The zero-order valence-electron chi connectivity index (χ0n) is 10.4. The minimum atomic E-state index is -2.70. The molecule has 1 heterocycles. The predicted octanol–water partition coefficient (Wildman–Crippen LogP) is -0.797. The first-order valence-corrected chi connectivity index (χ1v) is 5.68. The fourth-order valence-corrected chi connectivity index (χ4v) is 1.78.